The van der Waals surface area contributed by atoms with Gasteiger partial charge < -0.3 is 10.2 Å². The predicted octanol–water partition coefficient (Wildman–Crippen LogP) is 2.37. The number of amides is 1. The molecule has 1 amide bonds. The van der Waals surface area contributed by atoms with Gasteiger partial charge in [0.25, 0.3) is 0 Å². The third-order valence-electron chi connectivity index (χ3n) is 4.11. The van der Waals surface area contributed by atoms with Crippen molar-refractivity contribution in [3.8, 4) is 0 Å². The van der Waals surface area contributed by atoms with Gasteiger partial charge in [0.15, 0.2) is 0 Å². The third-order valence-corrected chi connectivity index (χ3v) is 4.11. The first kappa shape index (κ1) is 16.4. The van der Waals surface area contributed by atoms with Gasteiger partial charge >= 0.3 is 0 Å². The van der Waals surface area contributed by atoms with Crippen LogP contribution in [0.2, 0.25) is 0 Å². The highest BCUT2D eigenvalue weighted by molar-refractivity contribution is 5.92. The molecule has 3 rings (SSSR count). The molecule has 0 radical (unpaired) electrons. The first-order valence-corrected chi connectivity index (χ1v) is 8.13. The summed E-state index contributed by atoms with van der Waals surface area (Å²) in [7, 11) is 0. The number of benzene rings is 1. The lowest BCUT2D eigenvalue weighted by molar-refractivity contribution is -0.117. The lowest BCUT2D eigenvalue weighted by Crippen LogP contribution is -2.36. The molecule has 0 saturated carbocycles. The number of halogens is 1. The average Bonchev–Trinajstić information content (AvgIpc) is 2.82. The summed E-state index contributed by atoms with van der Waals surface area (Å²) in [5.41, 5.74) is 1.79. The van der Waals surface area contributed by atoms with Crippen LogP contribution < -0.4 is 10.2 Å². The summed E-state index contributed by atoms with van der Waals surface area (Å²) in [6, 6.07) is 10.1. The van der Waals surface area contributed by atoms with Crippen molar-refractivity contribution in [2.24, 2.45) is 0 Å². The zero-order chi connectivity index (χ0) is 16.8. The molecule has 1 fully saturated rings. The van der Waals surface area contributed by atoms with Crippen LogP contribution >= 0.6 is 0 Å². The molecule has 1 N–H and O–H groups in total. The summed E-state index contributed by atoms with van der Waals surface area (Å²) in [5, 5.41) is 2.88. The first-order valence-electron chi connectivity index (χ1n) is 8.13. The van der Waals surface area contributed by atoms with Gasteiger partial charge in [0.05, 0.1) is 6.54 Å². The van der Waals surface area contributed by atoms with E-state index in [4.69, 9.17) is 0 Å². The van der Waals surface area contributed by atoms with Crippen LogP contribution in [-0.2, 0) is 4.79 Å². The van der Waals surface area contributed by atoms with Crippen LogP contribution in [0.3, 0.4) is 0 Å². The Morgan fingerprint density at radius 1 is 1.04 bits per heavy atom. The molecule has 0 atom stereocenters. The highest BCUT2D eigenvalue weighted by atomic mass is 19.1. The Bertz CT molecular complexity index is 662. The Labute approximate surface area is 141 Å². The average molecular weight is 328 g/mol. The van der Waals surface area contributed by atoms with Crippen LogP contribution in [0.5, 0.6) is 0 Å². The van der Waals surface area contributed by atoms with Crippen LogP contribution in [0.4, 0.5) is 15.8 Å². The van der Waals surface area contributed by atoms with Gasteiger partial charge in [-0.1, -0.05) is 0 Å². The van der Waals surface area contributed by atoms with E-state index in [1.165, 1.54) is 12.1 Å². The van der Waals surface area contributed by atoms with Crippen LogP contribution in [0.15, 0.2) is 48.8 Å². The number of rotatable bonds is 4. The van der Waals surface area contributed by atoms with E-state index in [1.807, 2.05) is 0 Å². The maximum absolute atomic E-state index is 13.0. The number of pyridine rings is 1. The van der Waals surface area contributed by atoms with Crippen molar-refractivity contribution in [1.29, 1.82) is 0 Å². The van der Waals surface area contributed by atoms with Crippen LogP contribution in [0.1, 0.15) is 6.42 Å². The molecule has 0 spiro atoms. The minimum Gasteiger partial charge on any atom is -0.370 e. The van der Waals surface area contributed by atoms with E-state index in [0.717, 1.165) is 44.0 Å². The Hall–Kier alpha value is -2.47. The fourth-order valence-electron chi connectivity index (χ4n) is 2.88. The SMILES string of the molecule is O=C(CN1CCCN(c2ccc(F)cc2)CC1)Nc1ccncc1. The Kier molecular flexibility index (Phi) is 5.38. The van der Waals surface area contributed by atoms with Crippen molar-refractivity contribution in [1.82, 2.24) is 9.88 Å². The summed E-state index contributed by atoms with van der Waals surface area (Å²) in [6.07, 6.45) is 4.28. The van der Waals surface area contributed by atoms with Gasteiger partial charge in [-0.3, -0.25) is 14.7 Å². The van der Waals surface area contributed by atoms with Crippen molar-refractivity contribution in [3.63, 3.8) is 0 Å². The minimum atomic E-state index is -0.219. The molecular weight excluding hydrogens is 307 g/mol. The van der Waals surface area contributed by atoms with Crippen molar-refractivity contribution >= 4 is 17.3 Å². The molecule has 0 aliphatic carbocycles. The fraction of sp³-hybridized carbons (Fsp3) is 0.333. The van der Waals surface area contributed by atoms with Gasteiger partial charge in [-0.25, -0.2) is 4.39 Å². The maximum Gasteiger partial charge on any atom is 0.238 e. The summed E-state index contributed by atoms with van der Waals surface area (Å²) in [5.74, 6) is -0.237. The Morgan fingerprint density at radius 2 is 1.79 bits per heavy atom. The molecule has 1 aromatic heterocycles. The zero-order valence-electron chi connectivity index (χ0n) is 13.5. The topological polar surface area (TPSA) is 48.5 Å². The Balaban J connectivity index is 1.52. The molecule has 126 valence electrons. The largest absolute Gasteiger partial charge is 0.370 e. The lowest BCUT2D eigenvalue weighted by atomic mass is 10.2. The molecule has 1 aromatic carbocycles. The van der Waals surface area contributed by atoms with Crippen molar-refractivity contribution in [2.45, 2.75) is 6.42 Å². The van der Waals surface area contributed by atoms with Crippen molar-refractivity contribution in [3.05, 3.63) is 54.6 Å². The molecule has 0 bridgehead atoms. The number of nitrogens with one attached hydrogen (secondary N) is 1. The number of hydrogen-bond acceptors (Lipinski definition) is 4. The monoisotopic (exact) mass is 328 g/mol. The van der Waals surface area contributed by atoms with E-state index in [-0.39, 0.29) is 11.7 Å². The molecule has 6 heteroatoms. The molecule has 5 nitrogen and oxygen atoms in total. The number of anilines is 2. The number of aromatic nitrogens is 1. The van der Waals surface area contributed by atoms with Crippen LogP contribution in [0.25, 0.3) is 0 Å². The highest BCUT2D eigenvalue weighted by Gasteiger charge is 2.17. The van der Waals surface area contributed by atoms with Crippen LogP contribution in [0, 0.1) is 5.82 Å². The maximum atomic E-state index is 13.0. The lowest BCUT2D eigenvalue weighted by Gasteiger charge is -2.23. The number of carbonyl (C=O) groups is 1. The molecule has 1 aliphatic rings. The molecule has 1 saturated heterocycles. The minimum absolute atomic E-state index is 0.0172. The van der Waals surface area contributed by atoms with Gasteiger partial charge in [-0.15, -0.1) is 0 Å². The van der Waals surface area contributed by atoms with E-state index in [2.05, 4.69) is 20.1 Å². The second-order valence-corrected chi connectivity index (χ2v) is 5.88. The summed E-state index contributed by atoms with van der Waals surface area (Å²) >= 11 is 0. The smallest absolute Gasteiger partial charge is 0.238 e. The van der Waals surface area contributed by atoms with Gasteiger partial charge in [0.2, 0.25) is 5.91 Å². The van der Waals surface area contributed by atoms with E-state index >= 15 is 0 Å². The summed E-state index contributed by atoms with van der Waals surface area (Å²) < 4.78 is 13.0. The first-order chi connectivity index (χ1) is 11.7. The van der Waals surface area contributed by atoms with Gasteiger partial charge in [0.1, 0.15) is 5.82 Å². The molecule has 2 aromatic rings. The molecular formula is C18H21FN4O. The van der Waals surface area contributed by atoms with Gasteiger partial charge in [0, 0.05) is 49.9 Å². The summed E-state index contributed by atoms with van der Waals surface area (Å²) in [4.78, 5) is 20.5. The normalized spacial score (nSPS) is 15.8. The van der Waals surface area contributed by atoms with Gasteiger partial charge in [-0.2, -0.15) is 0 Å². The van der Waals surface area contributed by atoms with E-state index in [9.17, 15) is 9.18 Å². The van der Waals surface area contributed by atoms with E-state index in [1.54, 1.807) is 36.7 Å². The number of carbonyl (C=O) groups excluding carboxylic acids is 1. The molecule has 0 unspecified atom stereocenters. The third kappa shape index (κ3) is 4.52. The quantitative estimate of drug-likeness (QED) is 0.936. The number of nitrogens with zero attached hydrogens (tertiary/aromatic N) is 3. The van der Waals surface area contributed by atoms with Crippen molar-refractivity contribution < 1.29 is 9.18 Å². The van der Waals surface area contributed by atoms with Crippen LogP contribution in [-0.4, -0.2) is 48.5 Å². The highest BCUT2D eigenvalue weighted by Crippen LogP contribution is 2.17. The van der Waals surface area contributed by atoms with Gasteiger partial charge in [-0.05, 0) is 42.8 Å². The standard InChI is InChI=1S/C18H21FN4O/c19-15-2-4-17(5-3-15)23-11-1-10-22(12-13-23)14-18(24)21-16-6-8-20-9-7-16/h2-9H,1,10-14H2,(H,20,21,24). The second kappa shape index (κ2) is 7.88. The molecule has 1 aliphatic heterocycles. The second-order valence-electron chi connectivity index (χ2n) is 5.88. The predicted molar refractivity (Wildman–Crippen MR) is 92.5 cm³/mol. The van der Waals surface area contributed by atoms with E-state index in [0.29, 0.717) is 6.54 Å². The van der Waals surface area contributed by atoms with E-state index < -0.39 is 0 Å². The Morgan fingerprint density at radius 3 is 2.54 bits per heavy atom. The molecule has 24 heavy (non-hydrogen) atoms. The molecule has 2 heterocycles. The summed E-state index contributed by atoms with van der Waals surface area (Å²) in [6.45, 7) is 3.80. The van der Waals surface area contributed by atoms with Crippen molar-refractivity contribution in [2.75, 3.05) is 42.9 Å². The fourth-order valence-corrected chi connectivity index (χ4v) is 2.88. The number of hydrogen-bond donors (Lipinski definition) is 1. The zero-order valence-corrected chi connectivity index (χ0v) is 13.5.